The Kier molecular flexibility index (Phi) is 6.61. The van der Waals surface area contributed by atoms with Gasteiger partial charge >= 0.3 is 0 Å². The fourth-order valence-corrected chi connectivity index (χ4v) is 4.13. The normalized spacial score (nSPS) is 10.9. The van der Waals surface area contributed by atoms with Crippen LogP contribution < -0.4 is 10.6 Å². The standard InChI is InChI=1S/C24H18Cl2N8O2/c25-15-2-4-17(19(26)10-15)23-18(14-1-5-20-21(9-14)32-13-31-20)12-30-24(33-23)28-8-7-27-22-6-3-16(11-29-22)34(35)36/h1-6,9-13H,7-8H2,(H,27,29)(H,31,32)(H,28,30,33). The Hall–Kier alpha value is -4.28. The number of imidazole rings is 1. The highest BCUT2D eigenvalue weighted by Gasteiger charge is 2.16. The summed E-state index contributed by atoms with van der Waals surface area (Å²) in [5.74, 6) is 0.947. The Bertz CT molecular complexity index is 1560. The molecule has 12 heteroatoms. The van der Waals surface area contributed by atoms with Crippen molar-refractivity contribution < 1.29 is 4.92 Å². The fraction of sp³-hybridized carbons (Fsp3) is 0.0833. The number of aromatic amines is 1. The monoisotopic (exact) mass is 520 g/mol. The van der Waals surface area contributed by atoms with Gasteiger partial charge in [-0.05, 0) is 42.0 Å². The molecule has 0 aliphatic carbocycles. The van der Waals surface area contributed by atoms with Crippen LogP contribution in [0.1, 0.15) is 0 Å². The van der Waals surface area contributed by atoms with Crippen molar-refractivity contribution in [1.29, 1.82) is 0 Å². The van der Waals surface area contributed by atoms with Crippen LogP contribution >= 0.6 is 23.2 Å². The van der Waals surface area contributed by atoms with Crippen LogP contribution in [0, 0.1) is 10.1 Å². The molecule has 5 rings (SSSR count). The molecule has 0 bridgehead atoms. The molecule has 36 heavy (non-hydrogen) atoms. The second-order valence-corrected chi connectivity index (χ2v) is 8.57. The average Bonchev–Trinajstić information content (AvgIpc) is 3.35. The summed E-state index contributed by atoms with van der Waals surface area (Å²) in [6, 6.07) is 14.1. The van der Waals surface area contributed by atoms with Gasteiger partial charge in [0.25, 0.3) is 5.69 Å². The van der Waals surface area contributed by atoms with E-state index in [1.165, 1.54) is 12.3 Å². The molecule has 0 amide bonds. The fourth-order valence-electron chi connectivity index (χ4n) is 3.63. The number of nitrogens with one attached hydrogen (secondary N) is 3. The molecule has 0 saturated heterocycles. The van der Waals surface area contributed by atoms with Gasteiger partial charge in [-0.15, -0.1) is 0 Å². The number of pyridine rings is 1. The molecule has 3 aromatic heterocycles. The number of aromatic nitrogens is 5. The van der Waals surface area contributed by atoms with E-state index in [-0.39, 0.29) is 5.69 Å². The molecular formula is C24H18Cl2N8O2. The molecule has 10 nitrogen and oxygen atoms in total. The van der Waals surface area contributed by atoms with Crippen molar-refractivity contribution in [3.8, 4) is 22.4 Å². The minimum absolute atomic E-state index is 0.0627. The largest absolute Gasteiger partial charge is 0.368 e. The molecule has 0 aliphatic heterocycles. The summed E-state index contributed by atoms with van der Waals surface area (Å²) < 4.78 is 0. The van der Waals surface area contributed by atoms with Gasteiger partial charge in [0.2, 0.25) is 5.95 Å². The van der Waals surface area contributed by atoms with Gasteiger partial charge in [0.1, 0.15) is 12.0 Å². The van der Waals surface area contributed by atoms with E-state index >= 15 is 0 Å². The van der Waals surface area contributed by atoms with Gasteiger partial charge in [0, 0.05) is 41.5 Å². The zero-order chi connectivity index (χ0) is 25.1. The number of fused-ring (bicyclic) bond motifs is 1. The van der Waals surface area contributed by atoms with E-state index in [2.05, 4.69) is 30.6 Å². The number of nitrogens with zero attached hydrogens (tertiary/aromatic N) is 5. The van der Waals surface area contributed by atoms with Crippen molar-refractivity contribution >= 4 is 51.7 Å². The first kappa shape index (κ1) is 23.5. The zero-order valence-electron chi connectivity index (χ0n) is 18.6. The van der Waals surface area contributed by atoms with E-state index in [4.69, 9.17) is 28.2 Å². The van der Waals surface area contributed by atoms with Crippen LogP contribution in [0.4, 0.5) is 17.5 Å². The molecule has 2 aromatic carbocycles. The quantitative estimate of drug-likeness (QED) is 0.132. The number of halogens is 2. The Morgan fingerprint density at radius 3 is 2.56 bits per heavy atom. The van der Waals surface area contributed by atoms with Crippen molar-refractivity contribution in [3.05, 3.63) is 87.4 Å². The molecule has 3 N–H and O–H groups in total. The van der Waals surface area contributed by atoms with E-state index in [0.29, 0.717) is 40.6 Å². The van der Waals surface area contributed by atoms with Gasteiger partial charge in [0.15, 0.2) is 0 Å². The number of anilines is 2. The average molecular weight is 521 g/mol. The van der Waals surface area contributed by atoms with Crippen molar-refractivity contribution in [1.82, 2.24) is 24.9 Å². The van der Waals surface area contributed by atoms with Gasteiger partial charge in [-0.2, -0.15) is 0 Å². The summed E-state index contributed by atoms with van der Waals surface area (Å²) in [6.45, 7) is 0.968. The Labute approximate surface area is 214 Å². The minimum Gasteiger partial charge on any atom is -0.368 e. The molecule has 180 valence electrons. The van der Waals surface area contributed by atoms with Gasteiger partial charge in [-0.25, -0.2) is 19.9 Å². The van der Waals surface area contributed by atoms with Gasteiger partial charge in [-0.3, -0.25) is 10.1 Å². The zero-order valence-corrected chi connectivity index (χ0v) is 20.1. The second-order valence-electron chi connectivity index (χ2n) is 7.73. The third-order valence-electron chi connectivity index (χ3n) is 5.38. The van der Waals surface area contributed by atoms with Crippen LogP contribution in [0.5, 0.6) is 0 Å². The molecule has 0 spiro atoms. The lowest BCUT2D eigenvalue weighted by Crippen LogP contribution is -2.16. The third-order valence-corrected chi connectivity index (χ3v) is 5.93. The van der Waals surface area contributed by atoms with Crippen LogP contribution in [0.25, 0.3) is 33.4 Å². The Balaban J connectivity index is 1.38. The van der Waals surface area contributed by atoms with Crippen molar-refractivity contribution in [2.24, 2.45) is 0 Å². The van der Waals surface area contributed by atoms with Crippen LogP contribution in [0.2, 0.25) is 10.0 Å². The topological polar surface area (TPSA) is 135 Å². The van der Waals surface area contributed by atoms with Crippen molar-refractivity contribution in [3.63, 3.8) is 0 Å². The van der Waals surface area contributed by atoms with Crippen molar-refractivity contribution in [2.45, 2.75) is 0 Å². The lowest BCUT2D eigenvalue weighted by atomic mass is 10.0. The first-order chi connectivity index (χ1) is 17.5. The van der Waals surface area contributed by atoms with Gasteiger partial charge < -0.3 is 15.6 Å². The maximum Gasteiger partial charge on any atom is 0.287 e. The predicted octanol–water partition coefficient (Wildman–Crippen LogP) is 5.82. The van der Waals surface area contributed by atoms with E-state index in [0.717, 1.165) is 27.7 Å². The molecule has 5 aromatic rings. The van der Waals surface area contributed by atoms with E-state index in [9.17, 15) is 10.1 Å². The highest BCUT2D eigenvalue weighted by Crippen LogP contribution is 2.36. The van der Waals surface area contributed by atoms with Crippen LogP contribution in [-0.2, 0) is 0 Å². The number of hydrogen-bond donors (Lipinski definition) is 3. The molecule has 3 heterocycles. The summed E-state index contributed by atoms with van der Waals surface area (Å²) in [5.41, 5.74) is 4.78. The van der Waals surface area contributed by atoms with E-state index in [1.54, 1.807) is 30.7 Å². The third kappa shape index (κ3) is 5.04. The smallest absolute Gasteiger partial charge is 0.287 e. The first-order valence-corrected chi connectivity index (χ1v) is 11.6. The van der Waals surface area contributed by atoms with Gasteiger partial charge in [0.05, 0.1) is 33.0 Å². The number of nitro groups is 1. The molecular weight excluding hydrogens is 503 g/mol. The second kappa shape index (κ2) is 10.1. The molecule has 0 saturated carbocycles. The summed E-state index contributed by atoms with van der Waals surface area (Å²) in [5, 5.41) is 18.0. The summed E-state index contributed by atoms with van der Waals surface area (Å²) in [6.07, 6.45) is 4.61. The molecule has 0 unspecified atom stereocenters. The first-order valence-electron chi connectivity index (χ1n) is 10.8. The molecule has 0 atom stereocenters. The number of benzene rings is 2. The van der Waals surface area contributed by atoms with Gasteiger partial charge in [-0.1, -0.05) is 29.3 Å². The highest BCUT2D eigenvalue weighted by atomic mass is 35.5. The number of hydrogen-bond acceptors (Lipinski definition) is 8. The Morgan fingerprint density at radius 2 is 1.78 bits per heavy atom. The lowest BCUT2D eigenvalue weighted by molar-refractivity contribution is -0.385. The molecule has 0 radical (unpaired) electrons. The predicted molar refractivity (Wildman–Crippen MR) is 140 cm³/mol. The lowest BCUT2D eigenvalue weighted by Gasteiger charge is -2.13. The van der Waals surface area contributed by atoms with Crippen molar-refractivity contribution in [2.75, 3.05) is 23.7 Å². The van der Waals surface area contributed by atoms with E-state index in [1.807, 2.05) is 24.3 Å². The maximum absolute atomic E-state index is 10.8. The summed E-state index contributed by atoms with van der Waals surface area (Å²) in [7, 11) is 0. The molecule has 0 aliphatic rings. The van der Waals surface area contributed by atoms with E-state index < -0.39 is 4.92 Å². The highest BCUT2D eigenvalue weighted by molar-refractivity contribution is 6.36. The minimum atomic E-state index is -0.489. The SMILES string of the molecule is O=[N+]([O-])c1ccc(NCCNc2ncc(-c3ccc4nc[nH]c4c3)c(-c3ccc(Cl)cc3Cl)n2)nc1. The van der Waals surface area contributed by atoms with Crippen LogP contribution in [0.15, 0.2) is 67.3 Å². The molecule has 0 fully saturated rings. The summed E-state index contributed by atoms with van der Waals surface area (Å²) in [4.78, 5) is 31.0. The number of rotatable bonds is 8. The summed E-state index contributed by atoms with van der Waals surface area (Å²) >= 11 is 12.7. The number of H-pyrrole nitrogens is 1. The van der Waals surface area contributed by atoms with Crippen LogP contribution in [-0.4, -0.2) is 42.9 Å². The maximum atomic E-state index is 10.8. The van der Waals surface area contributed by atoms with Crippen LogP contribution in [0.3, 0.4) is 0 Å². The Morgan fingerprint density at radius 1 is 0.917 bits per heavy atom.